The third-order valence-electron chi connectivity index (χ3n) is 3.31. The SMILES string of the molecule is CCCCC1CCCCCCCC=CC(=O)O1. The molecule has 1 aliphatic heterocycles. The van der Waals surface area contributed by atoms with Crippen LogP contribution in [0.5, 0.6) is 0 Å². The van der Waals surface area contributed by atoms with E-state index in [1.807, 2.05) is 6.08 Å². The molecule has 2 heteroatoms. The summed E-state index contributed by atoms with van der Waals surface area (Å²) in [7, 11) is 0. The molecule has 1 heterocycles. The maximum atomic E-state index is 11.6. The van der Waals surface area contributed by atoms with Crippen molar-refractivity contribution in [3.8, 4) is 0 Å². The van der Waals surface area contributed by atoms with Crippen molar-refractivity contribution in [2.45, 2.75) is 77.2 Å². The highest BCUT2D eigenvalue weighted by Crippen LogP contribution is 2.16. The van der Waals surface area contributed by atoms with Gasteiger partial charge >= 0.3 is 5.97 Å². The van der Waals surface area contributed by atoms with Crippen molar-refractivity contribution in [3.63, 3.8) is 0 Å². The summed E-state index contributed by atoms with van der Waals surface area (Å²) in [4.78, 5) is 11.6. The van der Waals surface area contributed by atoms with Crippen LogP contribution in [-0.2, 0) is 9.53 Å². The largest absolute Gasteiger partial charge is 0.459 e. The molecule has 0 bridgehead atoms. The van der Waals surface area contributed by atoms with Gasteiger partial charge in [-0.25, -0.2) is 4.79 Å². The summed E-state index contributed by atoms with van der Waals surface area (Å²) in [5, 5.41) is 0. The Morgan fingerprint density at radius 3 is 2.82 bits per heavy atom. The van der Waals surface area contributed by atoms with Crippen LogP contribution in [0.2, 0.25) is 0 Å². The number of ether oxygens (including phenoxy) is 1. The van der Waals surface area contributed by atoms with E-state index in [9.17, 15) is 4.79 Å². The van der Waals surface area contributed by atoms with Crippen molar-refractivity contribution >= 4 is 5.97 Å². The van der Waals surface area contributed by atoms with E-state index in [4.69, 9.17) is 4.74 Å². The summed E-state index contributed by atoms with van der Waals surface area (Å²) in [5.74, 6) is -0.147. The number of cyclic esters (lactones) is 1. The first-order chi connectivity index (χ1) is 8.33. The second kappa shape index (κ2) is 9.26. The average molecular weight is 238 g/mol. The highest BCUT2D eigenvalue weighted by atomic mass is 16.5. The molecular weight excluding hydrogens is 212 g/mol. The van der Waals surface area contributed by atoms with Crippen LogP contribution in [0.15, 0.2) is 12.2 Å². The maximum Gasteiger partial charge on any atom is 0.330 e. The first-order valence-corrected chi connectivity index (χ1v) is 7.20. The lowest BCUT2D eigenvalue weighted by molar-refractivity contribution is -0.143. The van der Waals surface area contributed by atoms with E-state index < -0.39 is 0 Å². The van der Waals surface area contributed by atoms with Crippen LogP contribution in [0, 0.1) is 0 Å². The summed E-state index contributed by atoms with van der Waals surface area (Å²) in [6.07, 6.45) is 15.4. The number of carbonyl (C=O) groups excluding carboxylic acids is 1. The van der Waals surface area contributed by atoms with Crippen LogP contribution in [0.25, 0.3) is 0 Å². The van der Waals surface area contributed by atoms with E-state index in [1.165, 1.54) is 38.5 Å². The summed E-state index contributed by atoms with van der Waals surface area (Å²) in [5.41, 5.74) is 0. The zero-order chi connectivity index (χ0) is 12.3. The minimum atomic E-state index is -0.147. The molecule has 1 unspecified atom stereocenters. The lowest BCUT2D eigenvalue weighted by atomic mass is 10.0. The Morgan fingerprint density at radius 1 is 1.24 bits per heavy atom. The lowest BCUT2D eigenvalue weighted by Crippen LogP contribution is -2.17. The first kappa shape index (κ1) is 14.3. The van der Waals surface area contributed by atoms with Crippen molar-refractivity contribution in [1.29, 1.82) is 0 Å². The van der Waals surface area contributed by atoms with E-state index in [0.717, 1.165) is 25.7 Å². The Morgan fingerprint density at radius 2 is 2.00 bits per heavy atom. The Kier molecular flexibility index (Phi) is 7.78. The molecule has 2 nitrogen and oxygen atoms in total. The second-order valence-corrected chi connectivity index (χ2v) is 4.95. The molecule has 0 aromatic carbocycles. The van der Waals surface area contributed by atoms with Gasteiger partial charge in [0.1, 0.15) is 6.10 Å². The minimum absolute atomic E-state index is 0.145. The zero-order valence-corrected chi connectivity index (χ0v) is 11.1. The molecule has 0 aromatic rings. The summed E-state index contributed by atoms with van der Waals surface area (Å²) in [6.45, 7) is 2.18. The van der Waals surface area contributed by atoms with E-state index in [2.05, 4.69) is 6.92 Å². The molecule has 98 valence electrons. The van der Waals surface area contributed by atoms with E-state index >= 15 is 0 Å². The molecule has 0 radical (unpaired) electrons. The average Bonchev–Trinajstić information content (AvgIpc) is 2.31. The van der Waals surface area contributed by atoms with Gasteiger partial charge in [0.15, 0.2) is 0 Å². The fraction of sp³-hybridized carbons (Fsp3) is 0.800. The molecule has 0 fully saturated rings. The molecular formula is C15H26O2. The molecule has 0 spiro atoms. The van der Waals surface area contributed by atoms with Gasteiger partial charge in [0, 0.05) is 6.08 Å². The normalized spacial score (nSPS) is 23.6. The molecule has 1 aliphatic rings. The van der Waals surface area contributed by atoms with Crippen molar-refractivity contribution in [3.05, 3.63) is 12.2 Å². The topological polar surface area (TPSA) is 26.3 Å². The molecule has 0 aromatic heterocycles. The number of hydrogen-bond donors (Lipinski definition) is 0. The van der Waals surface area contributed by atoms with Gasteiger partial charge < -0.3 is 4.74 Å². The number of rotatable bonds is 3. The fourth-order valence-electron chi connectivity index (χ4n) is 2.24. The Bertz CT molecular complexity index is 233. The Balaban J connectivity index is 2.43. The standard InChI is InChI=1S/C15H26O2/c1-2-3-11-14-12-9-7-5-4-6-8-10-13-15(16)17-14/h10,13-14H,2-9,11-12H2,1H3. The van der Waals surface area contributed by atoms with Gasteiger partial charge in [-0.2, -0.15) is 0 Å². The molecule has 0 saturated heterocycles. The lowest BCUT2D eigenvalue weighted by Gasteiger charge is -2.17. The van der Waals surface area contributed by atoms with Gasteiger partial charge in [-0.1, -0.05) is 45.1 Å². The maximum absolute atomic E-state index is 11.6. The van der Waals surface area contributed by atoms with Gasteiger partial charge in [0.05, 0.1) is 0 Å². The van der Waals surface area contributed by atoms with Crippen molar-refractivity contribution in [2.75, 3.05) is 0 Å². The van der Waals surface area contributed by atoms with Crippen molar-refractivity contribution in [2.24, 2.45) is 0 Å². The van der Waals surface area contributed by atoms with Gasteiger partial charge in [-0.3, -0.25) is 0 Å². The third-order valence-corrected chi connectivity index (χ3v) is 3.31. The number of esters is 1. The van der Waals surface area contributed by atoms with Crippen LogP contribution in [-0.4, -0.2) is 12.1 Å². The van der Waals surface area contributed by atoms with Crippen LogP contribution in [0.1, 0.15) is 71.1 Å². The third kappa shape index (κ3) is 7.19. The molecule has 0 aliphatic carbocycles. The highest BCUT2D eigenvalue weighted by Gasteiger charge is 2.12. The van der Waals surface area contributed by atoms with Crippen LogP contribution in [0.4, 0.5) is 0 Å². The quantitative estimate of drug-likeness (QED) is 0.682. The van der Waals surface area contributed by atoms with Crippen LogP contribution < -0.4 is 0 Å². The predicted octanol–water partition coefficient (Wildman–Crippen LogP) is 4.39. The highest BCUT2D eigenvalue weighted by molar-refractivity contribution is 5.82. The van der Waals surface area contributed by atoms with Crippen LogP contribution >= 0.6 is 0 Å². The van der Waals surface area contributed by atoms with Crippen molar-refractivity contribution < 1.29 is 9.53 Å². The van der Waals surface area contributed by atoms with E-state index in [0.29, 0.717) is 0 Å². The minimum Gasteiger partial charge on any atom is -0.459 e. The molecule has 0 saturated carbocycles. The van der Waals surface area contributed by atoms with Gasteiger partial charge in [0.25, 0.3) is 0 Å². The van der Waals surface area contributed by atoms with E-state index in [1.54, 1.807) is 6.08 Å². The Labute approximate surface area is 105 Å². The van der Waals surface area contributed by atoms with Gasteiger partial charge in [-0.05, 0) is 32.1 Å². The molecule has 1 atom stereocenters. The fourth-order valence-corrected chi connectivity index (χ4v) is 2.24. The number of carbonyl (C=O) groups is 1. The van der Waals surface area contributed by atoms with Crippen LogP contribution in [0.3, 0.4) is 0 Å². The van der Waals surface area contributed by atoms with Gasteiger partial charge in [0.2, 0.25) is 0 Å². The molecule has 0 N–H and O–H groups in total. The number of allylic oxidation sites excluding steroid dienone is 1. The summed E-state index contributed by atoms with van der Waals surface area (Å²) in [6, 6.07) is 0. The first-order valence-electron chi connectivity index (χ1n) is 7.20. The summed E-state index contributed by atoms with van der Waals surface area (Å²) < 4.78 is 5.50. The molecule has 1 rings (SSSR count). The van der Waals surface area contributed by atoms with E-state index in [-0.39, 0.29) is 12.1 Å². The summed E-state index contributed by atoms with van der Waals surface area (Å²) >= 11 is 0. The number of unbranched alkanes of at least 4 members (excludes halogenated alkanes) is 1. The molecule has 0 amide bonds. The zero-order valence-electron chi connectivity index (χ0n) is 11.1. The monoisotopic (exact) mass is 238 g/mol. The smallest absolute Gasteiger partial charge is 0.330 e. The molecule has 17 heavy (non-hydrogen) atoms. The number of hydrogen-bond acceptors (Lipinski definition) is 2. The Hall–Kier alpha value is -0.790. The second-order valence-electron chi connectivity index (χ2n) is 4.95. The van der Waals surface area contributed by atoms with Crippen molar-refractivity contribution in [1.82, 2.24) is 0 Å². The predicted molar refractivity (Wildman–Crippen MR) is 70.9 cm³/mol. The van der Waals surface area contributed by atoms with Gasteiger partial charge in [-0.15, -0.1) is 0 Å².